The highest BCUT2D eigenvalue weighted by atomic mass is 14.0. The molecular formula is C26H50. The lowest BCUT2D eigenvalue weighted by atomic mass is 10.0. The van der Waals surface area contributed by atoms with Gasteiger partial charge in [-0.2, -0.15) is 0 Å². The third kappa shape index (κ3) is 23.6. The van der Waals surface area contributed by atoms with Gasteiger partial charge in [0, 0.05) is 12.8 Å². The fourth-order valence-electron chi connectivity index (χ4n) is 3.58. The van der Waals surface area contributed by atoms with Crippen LogP contribution in [0.3, 0.4) is 0 Å². The minimum Gasteiger partial charge on any atom is -0.103 e. The van der Waals surface area contributed by atoms with E-state index in [0.29, 0.717) is 0 Å². The van der Waals surface area contributed by atoms with Crippen molar-refractivity contribution in [3.05, 3.63) is 0 Å². The van der Waals surface area contributed by atoms with E-state index in [0.717, 1.165) is 12.8 Å². The van der Waals surface area contributed by atoms with Crippen LogP contribution in [0.15, 0.2) is 0 Å². The molecule has 0 saturated heterocycles. The van der Waals surface area contributed by atoms with Gasteiger partial charge in [0.15, 0.2) is 0 Å². The number of unbranched alkanes of at least 4 members (excludes halogenated alkanes) is 20. The van der Waals surface area contributed by atoms with Gasteiger partial charge in [0.2, 0.25) is 0 Å². The van der Waals surface area contributed by atoms with E-state index in [1.165, 1.54) is 128 Å². The average molecular weight is 363 g/mol. The molecule has 0 fully saturated rings. The first-order valence-electron chi connectivity index (χ1n) is 12.4. The molecule has 0 nitrogen and oxygen atoms in total. The molecule has 0 aromatic carbocycles. The van der Waals surface area contributed by atoms with Crippen LogP contribution in [-0.4, -0.2) is 0 Å². The molecular weight excluding hydrogens is 312 g/mol. The minimum atomic E-state index is 1.13. The lowest BCUT2D eigenvalue weighted by Crippen LogP contribution is -1.82. The third-order valence-corrected chi connectivity index (χ3v) is 5.44. The molecule has 0 aliphatic heterocycles. The van der Waals surface area contributed by atoms with Gasteiger partial charge in [0.05, 0.1) is 0 Å². The van der Waals surface area contributed by atoms with E-state index in [-0.39, 0.29) is 0 Å². The molecule has 0 atom stereocenters. The summed E-state index contributed by atoms with van der Waals surface area (Å²) >= 11 is 0. The van der Waals surface area contributed by atoms with Crippen molar-refractivity contribution in [3.63, 3.8) is 0 Å². The zero-order valence-electron chi connectivity index (χ0n) is 18.6. The lowest BCUT2D eigenvalue weighted by Gasteiger charge is -2.02. The molecule has 0 saturated carbocycles. The van der Waals surface area contributed by atoms with E-state index >= 15 is 0 Å². The topological polar surface area (TPSA) is 0 Å². The molecule has 0 bridgehead atoms. The fourth-order valence-corrected chi connectivity index (χ4v) is 3.58. The Morgan fingerprint density at radius 3 is 0.808 bits per heavy atom. The summed E-state index contributed by atoms with van der Waals surface area (Å²) in [6.45, 7) is 4.58. The summed E-state index contributed by atoms with van der Waals surface area (Å²) in [6.07, 6.45) is 30.6. The summed E-state index contributed by atoms with van der Waals surface area (Å²) in [5.74, 6) is 6.78. The molecule has 0 radical (unpaired) electrons. The smallest absolute Gasteiger partial charge is 0.00886 e. The van der Waals surface area contributed by atoms with Gasteiger partial charge in [0.25, 0.3) is 0 Å². The van der Waals surface area contributed by atoms with Crippen molar-refractivity contribution in [1.82, 2.24) is 0 Å². The fraction of sp³-hybridized carbons (Fsp3) is 0.923. The Kier molecular flexibility index (Phi) is 24.1. The SMILES string of the molecule is CCCCCCCCCCC#CCCCCCCCCCCCCCC. The van der Waals surface area contributed by atoms with Crippen molar-refractivity contribution in [3.8, 4) is 11.8 Å². The van der Waals surface area contributed by atoms with Crippen LogP contribution in [0.4, 0.5) is 0 Å². The summed E-state index contributed by atoms with van der Waals surface area (Å²) in [5.41, 5.74) is 0. The van der Waals surface area contributed by atoms with E-state index in [2.05, 4.69) is 25.7 Å². The average Bonchev–Trinajstić information content (AvgIpc) is 2.66. The van der Waals surface area contributed by atoms with Gasteiger partial charge in [-0.15, -0.1) is 11.8 Å². The number of rotatable bonds is 20. The van der Waals surface area contributed by atoms with E-state index < -0.39 is 0 Å². The molecule has 0 aliphatic rings. The Morgan fingerprint density at radius 2 is 0.538 bits per heavy atom. The molecule has 0 aliphatic carbocycles. The number of hydrogen-bond acceptors (Lipinski definition) is 0. The van der Waals surface area contributed by atoms with Gasteiger partial charge >= 0.3 is 0 Å². The summed E-state index contributed by atoms with van der Waals surface area (Å²) in [6, 6.07) is 0. The minimum absolute atomic E-state index is 1.13. The van der Waals surface area contributed by atoms with Crippen molar-refractivity contribution in [1.29, 1.82) is 0 Å². The van der Waals surface area contributed by atoms with Gasteiger partial charge in [-0.3, -0.25) is 0 Å². The summed E-state index contributed by atoms with van der Waals surface area (Å²) in [5, 5.41) is 0. The largest absolute Gasteiger partial charge is 0.103 e. The van der Waals surface area contributed by atoms with Gasteiger partial charge in [-0.25, -0.2) is 0 Å². The molecule has 154 valence electrons. The molecule has 0 heteroatoms. The van der Waals surface area contributed by atoms with Crippen molar-refractivity contribution >= 4 is 0 Å². The zero-order valence-corrected chi connectivity index (χ0v) is 18.6. The monoisotopic (exact) mass is 362 g/mol. The summed E-state index contributed by atoms with van der Waals surface area (Å²) in [4.78, 5) is 0. The van der Waals surface area contributed by atoms with E-state index in [1.807, 2.05) is 0 Å². The Balaban J connectivity index is 3.07. The molecule has 0 aromatic rings. The van der Waals surface area contributed by atoms with Crippen LogP contribution in [0.25, 0.3) is 0 Å². The first kappa shape index (κ1) is 25.6. The first-order chi connectivity index (χ1) is 12.9. The maximum absolute atomic E-state index is 3.39. The molecule has 0 N–H and O–H groups in total. The molecule has 0 spiro atoms. The van der Waals surface area contributed by atoms with Crippen LogP contribution < -0.4 is 0 Å². The van der Waals surface area contributed by atoms with Crippen LogP contribution in [-0.2, 0) is 0 Å². The van der Waals surface area contributed by atoms with Crippen LogP contribution in [0.2, 0.25) is 0 Å². The predicted molar refractivity (Wildman–Crippen MR) is 121 cm³/mol. The molecule has 0 amide bonds. The van der Waals surface area contributed by atoms with E-state index in [9.17, 15) is 0 Å². The van der Waals surface area contributed by atoms with Crippen LogP contribution >= 0.6 is 0 Å². The Morgan fingerprint density at radius 1 is 0.308 bits per heavy atom. The van der Waals surface area contributed by atoms with Crippen molar-refractivity contribution < 1.29 is 0 Å². The highest BCUT2D eigenvalue weighted by Gasteiger charge is 1.93. The molecule has 0 aromatic heterocycles. The Hall–Kier alpha value is -0.440. The molecule has 26 heavy (non-hydrogen) atoms. The Labute approximate surface area is 167 Å². The van der Waals surface area contributed by atoms with Crippen molar-refractivity contribution in [2.45, 2.75) is 155 Å². The number of hydrogen-bond donors (Lipinski definition) is 0. The highest BCUT2D eigenvalue weighted by Crippen LogP contribution is 2.12. The maximum Gasteiger partial charge on any atom is 0.00886 e. The van der Waals surface area contributed by atoms with Crippen LogP contribution in [0.1, 0.15) is 155 Å². The first-order valence-corrected chi connectivity index (χ1v) is 12.4. The second-order valence-corrected chi connectivity index (χ2v) is 8.22. The quantitative estimate of drug-likeness (QED) is 0.149. The third-order valence-electron chi connectivity index (χ3n) is 5.44. The maximum atomic E-state index is 3.39. The van der Waals surface area contributed by atoms with E-state index in [4.69, 9.17) is 0 Å². The van der Waals surface area contributed by atoms with Crippen molar-refractivity contribution in [2.24, 2.45) is 0 Å². The van der Waals surface area contributed by atoms with Gasteiger partial charge in [0.1, 0.15) is 0 Å². The predicted octanol–water partition coefficient (Wildman–Crippen LogP) is 9.61. The second-order valence-electron chi connectivity index (χ2n) is 8.22. The van der Waals surface area contributed by atoms with E-state index in [1.54, 1.807) is 0 Å². The highest BCUT2D eigenvalue weighted by molar-refractivity contribution is 4.98. The van der Waals surface area contributed by atoms with Crippen molar-refractivity contribution in [2.75, 3.05) is 0 Å². The van der Waals surface area contributed by atoms with Gasteiger partial charge < -0.3 is 0 Å². The summed E-state index contributed by atoms with van der Waals surface area (Å²) < 4.78 is 0. The lowest BCUT2D eigenvalue weighted by molar-refractivity contribution is 0.545. The van der Waals surface area contributed by atoms with Crippen LogP contribution in [0.5, 0.6) is 0 Å². The zero-order chi connectivity index (χ0) is 19.0. The van der Waals surface area contributed by atoms with Crippen LogP contribution in [0, 0.1) is 11.8 Å². The van der Waals surface area contributed by atoms with Gasteiger partial charge in [-0.1, -0.05) is 129 Å². The Bertz CT molecular complexity index is 293. The van der Waals surface area contributed by atoms with Gasteiger partial charge in [-0.05, 0) is 12.8 Å². The molecule has 0 rings (SSSR count). The summed E-state index contributed by atoms with van der Waals surface area (Å²) in [7, 11) is 0. The molecule has 0 unspecified atom stereocenters. The molecule has 0 heterocycles. The standard InChI is InChI=1S/C26H50/c1-3-5-7-9-11-13-15-17-19-21-23-25-26-24-22-20-18-16-14-12-10-8-6-4-2/h3-21,23,25-26H2,1-2H3. The second kappa shape index (κ2) is 24.6. The normalized spacial score (nSPS) is 10.7.